The molecule has 8 heteroatoms. The summed E-state index contributed by atoms with van der Waals surface area (Å²) in [6, 6.07) is 18.9. The molecule has 1 aromatic heterocycles. The zero-order valence-electron chi connectivity index (χ0n) is 17.6. The van der Waals surface area contributed by atoms with Gasteiger partial charge in [0.15, 0.2) is 0 Å². The van der Waals surface area contributed by atoms with Gasteiger partial charge in [-0.15, -0.1) is 11.3 Å². The molecule has 4 rings (SSSR count). The van der Waals surface area contributed by atoms with E-state index in [9.17, 15) is 9.59 Å². The molecule has 32 heavy (non-hydrogen) atoms. The van der Waals surface area contributed by atoms with Crippen LogP contribution in [-0.4, -0.2) is 56.0 Å². The van der Waals surface area contributed by atoms with Crippen molar-refractivity contribution in [1.29, 1.82) is 0 Å². The fourth-order valence-electron chi connectivity index (χ4n) is 3.65. The number of anilines is 2. The average molecular weight is 469 g/mol. The van der Waals surface area contributed by atoms with E-state index < -0.39 is 0 Å². The molecule has 0 aliphatic carbocycles. The summed E-state index contributed by atoms with van der Waals surface area (Å²) in [5.41, 5.74) is 2.14. The largest absolute Gasteiger partial charge is 0.369 e. The molecule has 0 unspecified atom stereocenters. The number of piperazine rings is 1. The highest BCUT2D eigenvalue weighted by Crippen LogP contribution is 2.24. The first kappa shape index (κ1) is 22.3. The van der Waals surface area contributed by atoms with E-state index >= 15 is 0 Å². The molecule has 0 bridgehead atoms. The molecule has 0 radical (unpaired) electrons. The monoisotopic (exact) mass is 468 g/mol. The number of para-hydroxylation sites is 1. The number of carbonyl (C=O) groups excluding carboxylic acids is 2. The fraction of sp³-hybridized carbons (Fsp3) is 0.250. The Hall–Kier alpha value is -2.87. The third kappa shape index (κ3) is 5.68. The van der Waals surface area contributed by atoms with Gasteiger partial charge in [0.2, 0.25) is 0 Å². The molecule has 0 atom stereocenters. The maximum absolute atomic E-state index is 12.6. The predicted molar refractivity (Wildman–Crippen MR) is 131 cm³/mol. The summed E-state index contributed by atoms with van der Waals surface area (Å²) in [4.78, 5) is 30.2. The summed E-state index contributed by atoms with van der Waals surface area (Å²) in [6.07, 6.45) is 0. The highest BCUT2D eigenvalue weighted by Gasteiger charge is 2.17. The van der Waals surface area contributed by atoms with Crippen molar-refractivity contribution in [3.63, 3.8) is 0 Å². The van der Waals surface area contributed by atoms with E-state index in [1.807, 2.05) is 17.5 Å². The maximum Gasteiger partial charge on any atom is 0.265 e. The van der Waals surface area contributed by atoms with E-state index in [2.05, 4.69) is 44.7 Å². The van der Waals surface area contributed by atoms with E-state index in [-0.39, 0.29) is 11.8 Å². The molecule has 3 aromatic rings. The zero-order chi connectivity index (χ0) is 22.3. The lowest BCUT2D eigenvalue weighted by atomic mass is 10.2. The van der Waals surface area contributed by atoms with E-state index in [4.69, 9.17) is 11.6 Å². The van der Waals surface area contributed by atoms with Gasteiger partial charge in [0, 0.05) is 50.5 Å². The van der Waals surface area contributed by atoms with Crippen LogP contribution in [0.25, 0.3) is 0 Å². The number of nitrogens with one attached hydrogen (secondary N) is 2. The maximum atomic E-state index is 12.6. The Kier molecular flexibility index (Phi) is 7.42. The Morgan fingerprint density at radius 3 is 2.44 bits per heavy atom. The lowest BCUT2D eigenvalue weighted by Gasteiger charge is -2.36. The van der Waals surface area contributed by atoms with E-state index in [0.717, 1.165) is 32.7 Å². The smallest absolute Gasteiger partial charge is 0.265 e. The minimum Gasteiger partial charge on any atom is -0.369 e. The summed E-state index contributed by atoms with van der Waals surface area (Å²) in [7, 11) is 0. The van der Waals surface area contributed by atoms with Gasteiger partial charge in [0.1, 0.15) is 0 Å². The number of rotatable bonds is 7. The highest BCUT2D eigenvalue weighted by atomic mass is 35.5. The quantitative estimate of drug-likeness (QED) is 0.545. The van der Waals surface area contributed by atoms with Gasteiger partial charge in [0.05, 0.1) is 15.6 Å². The van der Waals surface area contributed by atoms with Crippen LogP contribution in [0.15, 0.2) is 66.0 Å². The van der Waals surface area contributed by atoms with Gasteiger partial charge in [-0.3, -0.25) is 14.5 Å². The minimum atomic E-state index is -0.242. The van der Waals surface area contributed by atoms with E-state index in [1.54, 1.807) is 24.3 Å². The number of carbonyl (C=O) groups is 2. The standard InChI is InChI=1S/C24H25ClN4O2S/c25-20-9-8-18(17-21(20)27-24(31)22-7-4-16-32-22)23(30)26-10-11-28-12-14-29(15-13-28)19-5-2-1-3-6-19/h1-9,16-17H,10-15H2,(H,26,30)(H,27,31). The number of nitrogens with zero attached hydrogens (tertiary/aromatic N) is 2. The van der Waals surface area contributed by atoms with Gasteiger partial charge in [0.25, 0.3) is 11.8 Å². The molecule has 2 heterocycles. The zero-order valence-corrected chi connectivity index (χ0v) is 19.2. The highest BCUT2D eigenvalue weighted by molar-refractivity contribution is 7.12. The molecule has 1 aliphatic heterocycles. The van der Waals surface area contributed by atoms with Crippen molar-refractivity contribution in [2.24, 2.45) is 0 Å². The summed E-state index contributed by atoms with van der Waals surface area (Å²) in [5, 5.41) is 7.98. The number of benzene rings is 2. The van der Waals surface area contributed by atoms with E-state index in [1.165, 1.54) is 17.0 Å². The first-order valence-corrected chi connectivity index (χ1v) is 11.8. The summed E-state index contributed by atoms with van der Waals surface area (Å²) < 4.78 is 0. The normalized spacial score (nSPS) is 14.2. The van der Waals surface area contributed by atoms with Gasteiger partial charge >= 0.3 is 0 Å². The number of hydrogen-bond donors (Lipinski definition) is 2. The number of thiophene rings is 1. The van der Waals surface area contributed by atoms with Gasteiger partial charge in [-0.2, -0.15) is 0 Å². The topological polar surface area (TPSA) is 64.7 Å². The molecule has 0 spiro atoms. The Morgan fingerprint density at radius 2 is 1.72 bits per heavy atom. The Labute approximate surface area is 196 Å². The van der Waals surface area contributed by atoms with Gasteiger partial charge in [-0.1, -0.05) is 35.9 Å². The van der Waals surface area contributed by atoms with Crippen molar-refractivity contribution in [3.05, 3.63) is 81.5 Å². The predicted octanol–water partition coefficient (Wildman–Crippen LogP) is 4.21. The van der Waals surface area contributed by atoms with Crippen molar-refractivity contribution in [1.82, 2.24) is 10.2 Å². The Morgan fingerprint density at radius 1 is 0.938 bits per heavy atom. The molecular formula is C24H25ClN4O2S. The summed E-state index contributed by atoms with van der Waals surface area (Å²) in [6.45, 7) is 5.23. The van der Waals surface area contributed by atoms with Crippen molar-refractivity contribution in [2.75, 3.05) is 49.5 Å². The number of amides is 2. The molecule has 6 nitrogen and oxygen atoms in total. The van der Waals surface area contributed by atoms with Gasteiger partial charge < -0.3 is 15.5 Å². The third-order valence-electron chi connectivity index (χ3n) is 5.43. The molecule has 2 N–H and O–H groups in total. The molecule has 1 aliphatic rings. The number of halogens is 1. The molecule has 166 valence electrons. The van der Waals surface area contributed by atoms with Crippen molar-refractivity contribution < 1.29 is 9.59 Å². The Bertz CT molecular complexity index is 1050. The van der Waals surface area contributed by atoms with Crippen LogP contribution in [0.1, 0.15) is 20.0 Å². The summed E-state index contributed by atoms with van der Waals surface area (Å²) in [5.74, 6) is -0.426. The first-order valence-electron chi connectivity index (χ1n) is 10.5. The van der Waals surface area contributed by atoms with Gasteiger partial charge in [-0.25, -0.2) is 0 Å². The molecule has 2 amide bonds. The lowest BCUT2D eigenvalue weighted by Crippen LogP contribution is -2.48. The van der Waals surface area contributed by atoms with Crippen LogP contribution in [-0.2, 0) is 0 Å². The van der Waals surface area contributed by atoms with Crippen LogP contribution in [0.2, 0.25) is 5.02 Å². The van der Waals surface area contributed by atoms with Crippen molar-refractivity contribution >= 4 is 46.1 Å². The lowest BCUT2D eigenvalue weighted by molar-refractivity contribution is 0.0946. The second-order valence-corrected chi connectivity index (χ2v) is 8.90. The van der Waals surface area contributed by atoms with Crippen LogP contribution in [0, 0.1) is 0 Å². The van der Waals surface area contributed by atoms with Crippen LogP contribution in [0.5, 0.6) is 0 Å². The number of hydrogen-bond acceptors (Lipinski definition) is 5. The summed E-state index contributed by atoms with van der Waals surface area (Å²) >= 11 is 7.56. The van der Waals surface area contributed by atoms with Crippen LogP contribution in [0.3, 0.4) is 0 Å². The SMILES string of the molecule is O=C(NCCN1CCN(c2ccccc2)CC1)c1ccc(Cl)c(NC(=O)c2cccs2)c1. The molecular weight excluding hydrogens is 444 g/mol. The van der Waals surface area contributed by atoms with E-state index in [0.29, 0.717) is 27.7 Å². The minimum absolute atomic E-state index is 0.184. The first-order chi connectivity index (χ1) is 15.6. The second-order valence-electron chi connectivity index (χ2n) is 7.55. The van der Waals surface area contributed by atoms with Crippen LogP contribution in [0.4, 0.5) is 11.4 Å². The second kappa shape index (κ2) is 10.6. The third-order valence-corrected chi connectivity index (χ3v) is 6.63. The molecule has 1 fully saturated rings. The molecule has 0 saturated carbocycles. The molecule has 1 saturated heterocycles. The van der Waals surface area contributed by atoms with Crippen molar-refractivity contribution in [2.45, 2.75) is 0 Å². The van der Waals surface area contributed by atoms with Gasteiger partial charge in [-0.05, 0) is 41.8 Å². The molecule has 2 aromatic carbocycles. The Balaban J connectivity index is 1.25. The van der Waals surface area contributed by atoms with Crippen LogP contribution < -0.4 is 15.5 Å². The average Bonchev–Trinajstić information content (AvgIpc) is 3.37. The fourth-order valence-corrected chi connectivity index (χ4v) is 4.44. The van der Waals surface area contributed by atoms with Crippen molar-refractivity contribution in [3.8, 4) is 0 Å². The van der Waals surface area contributed by atoms with Crippen LogP contribution >= 0.6 is 22.9 Å².